The summed E-state index contributed by atoms with van der Waals surface area (Å²) in [5, 5.41) is 4.90. The average Bonchev–Trinajstić information content (AvgIpc) is 3.12. The number of thiophene rings is 1. The van der Waals surface area contributed by atoms with Crippen LogP contribution < -0.4 is 5.32 Å². The fourth-order valence-corrected chi connectivity index (χ4v) is 4.38. The van der Waals surface area contributed by atoms with Crippen LogP contribution in [0.2, 0.25) is 0 Å². The van der Waals surface area contributed by atoms with E-state index in [2.05, 4.69) is 54.4 Å². The number of nitrogens with one attached hydrogen (secondary N) is 1. The van der Waals surface area contributed by atoms with E-state index in [0.717, 1.165) is 6.54 Å². The summed E-state index contributed by atoms with van der Waals surface area (Å²) < 4.78 is 1.41. The molecule has 3 rings (SSSR count). The molecule has 1 fully saturated rings. The quantitative estimate of drug-likeness (QED) is 0.893. The molecule has 2 unspecified atom stereocenters. The number of nitrogens with zero attached hydrogens (tertiary/aromatic N) is 1. The summed E-state index contributed by atoms with van der Waals surface area (Å²) in [7, 11) is 0. The summed E-state index contributed by atoms with van der Waals surface area (Å²) in [6.45, 7) is 8.17. The summed E-state index contributed by atoms with van der Waals surface area (Å²) in [5.41, 5.74) is 0. The van der Waals surface area contributed by atoms with Gasteiger partial charge in [0.1, 0.15) is 0 Å². The number of hydrogen-bond donors (Lipinski definition) is 1. The van der Waals surface area contributed by atoms with Crippen LogP contribution in [-0.4, -0.2) is 30.6 Å². The first-order valence-electron chi connectivity index (χ1n) is 7.74. The fraction of sp³-hybridized carbons (Fsp3) is 0.529. The zero-order chi connectivity index (χ0) is 13.9. The first-order chi connectivity index (χ1) is 9.79. The Bertz CT molecular complexity index is 524. The molecule has 0 saturated carbocycles. The van der Waals surface area contributed by atoms with Crippen LogP contribution in [0.15, 0.2) is 30.3 Å². The summed E-state index contributed by atoms with van der Waals surface area (Å²) in [6, 6.07) is 12.3. The lowest BCUT2D eigenvalue weighted by Gasteiger charge is -2.33. The van der Waals surface area contributed by atoms with Gasteiger partial charge in [0.25, 0.3) is 0 Å². The predicted octanol–water partition coefficient (Wildman–Crippen LogP) is 4.04. The molecule has 108 valence electrons. The van der Waals surface area contributed by atoms with Crippen molar-refractivity contribution < 1.29 is 0 Å². The molecule has 1 aromatic heterocycles. The summed E-state index contributed by atoms with van der Waals surface area (Å²) in [6.07, 6.45) is 2.51. The summed E-state index contributed by atoms with van der Waals surface area (Å²) in [5.74, 6) is 0. The summed E-state index contributed by atoms with van der Waals surface area (Å²) in [4.78, 5) is 4.21. The van der Waals surface area contributed by atoms with Crippen LogP contribution in [-0.2, 0) is 0 Å². The molecule has 0 amide bonds. The molecule has 20 heavy (non-hydrogen) atoms. The van der Waals surface area contributed by atoms with Gasteiger partial charge in [0, 0.05) is 28.2 Å². The van der Waals surface area contributed by atoms with Gasteiger partial charge in [-0.3, -0.25) is 4.90 Å². The highest BCUT2D eigenvalue weighted by Gasteiger charge is 2.27. The maximum absolute atomic E-state index is 3.51. The van der Waals surface area contributed by atoms with Gasteiger partial charge in [0.2, 0.25) is 0 Å². The monoisotopic (exact) mass is 288 g/mol. The number of fused-ring (bicyclic) bond motifs is 1. The SMILES string of the molecule is CCCN(C1CCNC1)C(C)c1cc2ccccc2s1. The highest BCUT2D eigenvalue weighted by molar-refractivity contribution is 7.19. The first kappa shape index (κ1) is 14.1. The fourth-order valence-electron chi connectivity index (χ4n) is 3.24. The van der Waals surface area contributed by atoms with Crippen LogP contribution in [0, 0.1) is 0 Å². The molecule has 1 aliphatic heterocycles. The third kappa shape index (κ3) is 2.76. The van der Waals surface area contributed by atoms with Crippen molar-refractivity contribution >= 4 is 21.4 Å². The average molecular weight is 288 g/mol. The van der Waals surface area contributed by atoms with E-state index in [0.29, 0.717) is 12.1 Å². The van der Waals surface area contributed by atoms with E-state index in [-0.39, 0.29) is 0 Å². The van der Waals surface area contributed by atoms with Gasteiger partial charge in [0.15, 0.2) is 0 Å². The van der Waals surface area contributed by atoms with Gasteiger partial charge >= 0.3 is 0 Å². The Balaban J connectivity index is 1.85. The molecular formula is C17H24N2S. The van der Waals surface area contributed by atoms with Crippen molar-refractivity contribution in [3.63, 3.8) is 0 Å². The smallest absolute Gasteiger partial charge is 0.0417 e. The molecule has 2 atom stereocenters. The van der Waals surface area contributed by atoms with Crippen LogP contribution >= 0.6 is 11.3 Å². The Labute approximate surface area is 125 Å². The van der Waals surface area contributed by atoms with Gasteiger partial charge in [-0.25, -0.2) is 0 Å². The van der Waals surface area contributed by atoms with Crippen molar-refractivity contribution in [2.45, 2.75) is 38.8 Å². The molecule has 0 bridgehead atoms. The zero-order valence-corrected chi connectivity index (χ0v) is 13.2. The maximum atomic E-state index is 3.51. The Morgan fingerprint density at radius 1 is 1.40 bits per heavy atom. The van der Waals surface area contributed by atoms with Crippen LogP contribution in [0.4, 0.5) is 0 Å². The number of rotatable bonds is 5. The largest absolute Gasteiger partial charge is 0.315 e. The molecule has 1 saturated heterocycles. The van der Waals surface area contributed by atoms with E-state index in [1.165, 1.54) is 40.9 Å². The highest BCUT2D eigenvalue weighted by Crippen LogP contribution is 2.34. The lowest BCUT2D eigenvalue weighted by molar-refractivity contribution is 0.156. The first-order valence-corrected chi connectivity index (χ1v) is 8.56. The zero-order valence-electron chi connectivity index (χ0n) is 12.4. The van der Waals surface area contributed by atoms with E-state index >= 15 is 0 Å². The van der Waals surface area contributed by atoms with Crippen molar-refractivity contribution in [1.82, 2.24) is 10.2 Å². The van der Waals surface area contributed by atoms with Gasteiger partial charge in [-0.15, -0.1) is 11.3 Å². The Morgan fingerprint density at radius 2 is 2.25 bits per heavy atom. The van der Waals surface area contributed by atoms with Gasteiger partial charge < -0.3 is 5.32 Å². The molecule has 3 heteroatoms. The van der Waals surface area contributed by atoms with Gasteiger partial charge in [-0.2, -0.15) is 0 Å². The third-order valence-corrected chi connectivity index (χ3v) is 5.63. The Morgan fingerprint density at radius 3 is 2.95 bits per heavy atom. The summed E-state index contributed by atoms with van der Waals surface area (Å²) >= 11 is 1.96. The molecule has 1 aliphatic rings. The van der Waals surface area contributed by atoms with Gasteiger partial charge in [-0.1, -0.05) is 25.1 Å². The lowest BCUT2D eigenvalue weighted by Crippen LogP contribution is -2.39. The molecule has 1 aromatic carbocycles. The normalized spacial score (nSPS) is 20.9. The molecule has 2 nitrogen and oxygen atoms in total. The second kappa shape index (κ2) is 6.25. The minimum Gasteiger partial charge on any atom is -0.315 e. The minimum atomic E-state index is 0.525. The van der Waals surface area contributed by atoms with Crippen LogP contribution in [0.1, 0.15) is 37.6 Å². The topological polar surface area (TPSA) is 15.3 Å². The van der Waals surface area contributed by atoms with E-state index in [1.807, 2.05) is 11.3 Å². The maximum Gasteiger partial charge on any atom is 0.0417 e. The van der Waals surface area contributed by atoms with Crippen LogP contribution in [0.25, 0.3) is 10.1 Å². The second-order valence-electron chi connectivity index (χ2n) is 5.75. The van der Waals surface area contributed by atoms with Crippen LogP contribution in [0.3, 0.4) is 0 Å². The van der Waals surface area contributed by atoms with Crippen LogP contribution in [0.5, 0.6) is 0 Å². The van der Waals surface area contributed by atoms with E-state index < -0.39 is 0 Å². The molecule has 2 aromatic rings. The number of hydrogen-bond acceptors (Lipinski definition) is 3. The molecule has 2 heterocycles. The van der Waals surface area contributed by atoms with Gasteiger partial charge in [-0.05, 0) is 50.4 Å². The third-order valence-electron chi connectivity index (χ3n) is 4.34. The molecule has 0 radical (unpaired) electrons. The van der Waals surface area contributed by atoms with E-state index in [1.54, 1.807) is 0 Å². The second-order valence-corrected chi connectivity index (χ2v) is 6.86. The minimum absolute atomic E-state index is 0.525. The molecule has 0 aliphatic carbocycles. The van der Waals surface area contributed by atoms with Gasteiger partial charge in [0.05, 0.1) is 0 Å². The van der Waals surface area contributed by atoms with Crippen molar-refractivity contribution in [3.05, 3.63) is 35.2 Å². The molecular weight excluding hydrogens is 264 g/mol. The molecule has 1 N–H and O–H groups in total. The Hall–Kier alpha value is -0.900. The Kier molecular flexibility index (Phi) is 4.39. The van der Waals surface area contributed by atoms with E-state index in [4.69, 9.17) is 0 Å². The van der Waals surface area contributed by atoms with Crippen molar-refractivity contribution in [2.75, 3.05) is 19.6 Å². The molecule has 0 spiro atoms. The standard InChI is InChI=1S/C17H24N2S/c1-3-10-19(15-8-9-18-12-15)13(2)17-11-14-6-4-5-7-16(14)20-17/h4-7,11,13,15,18H,3,8-10,12H2,1-2H3. The number of benzene rings is 1. The predicted molar refractivity (Wildman–Crippen MR) is 88.5 cm³/mol. The highest BCUT2D eigenvalue weighted by atomic mass is 32.1. The van der Waals surface area contributed by atoms with E-state index in [9.17, 15) is 0 Å². The van der Waals surface area contributed by atoms with Crippen molar-refractivity contribution in [1.29, 1.82) is 0 Å². The van der Waals surface area contributed by atoms with Crippen molar-refractivity contribution in [3.8, 4) is 0 Å². The van der Waals surface area contributed by atoms with Crippen molar-refractivity contribution in [2.24, 2.45) is 0 Å². The lowest BCUT2D eigenvalue weighted by atomic mass is 10.1.